The molecule has 0 bridgehead atoms. The first-order valence-corrected chi connectivity index (χ1v) is 2.71. The smallest absolute Gasteiger partial charge is 0.209 e. The number of alkyl halides is 2. The van der Waals surface area contributed by atoms with Crippen molar-refractivity contribution in [1.29, 1.82) is 0 Å². The Morgan fingerprint density at radius 3 is 2.00 bits per heavy atom. The van der Waals surface area contributed by atoms with Crippen LogP contribution >= 0.6 is 0 Å². The molecule has 0 spiro atoms. The number of carbonyl (C=O) groups is 1. The number of rotatable bonds is 1. The van der Waals surface area contributed by atoms with Gasteiger partial charge in [-0.05, 0) is 0 Å². The van der Waals surface area contributed by atoms with E-state index >= 15 is 0 Å². The molecule has 0 saturated carbocycles. The maximum atomic E-state index is 12.2. The van der Waals surface area contributed by atoms with Gasteiger partial charge in [-0.1, -0.05) is 0 Å². The highest BCUT2D eigenvalue weighted by atomic mass is 19.2. The van der Waals surface area contributed by atoms with Crippen molar-refractivity contribution in [1.82, 2.24) is 4.90 Å². The minimum absolute atomic E-state index is 0.0926. The summed E-state index contributed by atoms with van der Waals surface area (Å²) in [4.78, 5) is 11.0. The van der Waals surface area contributed by atoms with Gasteiger partial charge in [0.25, 0.3) is 0 Å². The fourth-order valence-corrected chi connectivity index (χ4v) is 0.837. The summed E-state index contributed by atoms with van der Waals surface area (Å²) in [5.41, 5.74) is 0. The van der Waals surface area contributed by atoms with Crippen LogP contribution in [0.2, 0.25) is 0 Å². The summed E-state index contributed by atoms with van der Waals surface area (Å²) < 4.78 is 24.4. The fraction of sp³-hybridized carbons (Fsp3) is 0.800. The van der Waals surface area contributed by atoms with Gasteiger partial charge in [-0.2, -0.15) is 0 Å². The highest BCUT2D eigenvalue weighted by Gasteiger charge is 2.31. The molecule has 2 nitrogen and oxygen atoms in total. The lowest BCUT2D eigenvalue weighted by molar-refractivity contribution is -0.117. The molecule has 0 aromatic heterocycles. The fourth-order valence-electron chi connectivity index (χ4n) is 0.837. The molecule has 0 aliphatic carbocycles. The third kappa shape index (κ3) is 1.17. The summed E-state index contributed by atoms with van der Waals surface area (Å²) in [6, 6.07) is 0. The van der Waals surface area contributed by atoms with Gasteiger partial charge in [-0.15, -0.1) is 0 Å². The first kappa shape index (κ1) is 6.45. The second-order valence-corrected chi connectivity index (χ2v) is 2.09. The van der Waals surface area contributed by atoms with E-state index in [1.54, 1.807) is 0 Å². The SMILES string of the molecule is O=CN1CC(F)C(F)C1. The third-order valence-electron chi connectivity index (χ3n) is 1.36. The van der Waals surface area contributed by atoms with Crippen molar-refractivity contribution in [3.63, 3.8) is 0 Å². The number of nitrogens with zero attached hydrogens (tertiary/aromatic N) is 1. The molecule has 1 aliphatic heterocycles. The van der Waals surface area contributed by atoms with Crippen molar-refractivity contribution in [2.24, 2.45) is 0 Å². The number of carbonyl (C=O) groups excluding carboxylic acids is 1. The quantitative estimate of drug-likeness (QED) is 0.468. The Kier molecular flexibility index (Phi) is 1.64. The highest BCUT2D eigenvalue weighted by Crippen LogP contribution is 2.14. The van der Waals surface area contributed by atoms with E-state index in [1.165, 1.54) is 0 Å². The number of likely N-dealkylation sites (tertiary alicyclic amines) is 1. The first-order chi connectivity index (χ1) is 4.24. The first-order valence-electron chi connectivity index (χ1n) is 2.71. The van der Waals surface area contributed by atoms with Crippen LogP contribution in [-0.2, 0) is 4.79 Å². The Labute approximate surface area is 51.4 Å². The van der Waals surface area contributed by atoms with Gasteiger partial charge in [0.2, 0.25) is 6.41 Å². The minimum atomic E-state index is -1.48. The van der Waals surface area contributed by atoms with Gasteiger partial charge in [0.05, 0.1) is 13.1 Å². The second kappa shape index (κ2) is 2.29. The molecule has 0 N–H and O–H groups in total. The lowest BCUT2D eigenvalue weighted by Gasteiger charge is -2.03. The van der Waals surface area contributed by atoms with Gasteiger partial charge in [0.15, 0.2) is 12.3 Å². The Balaban J connectivity index is 2.43. The van der Waals surface area contributed by atoms with E-state index < -0.39 is 12.3 Å². The zero-order chi connectivity index (χ0) is 6.85. The summed E-state index contributed by atoms with van der Waals surface area (Å²) in [5, 5.41) is 0. The summed E-state index contributed by atoms with van der Waals surface area (Å²) in [6.07, 6.45) is -2.49. The predicted molar refractivity (Wildman–Crippen MR) is 27.4 cm³/mol. The van der Waals surface area contributed by atoms with Crippen LogP contribution in [0, 0.1) is 0 Å². The number of amides is 1. The summed E-state index contributed by atoms with van der Waals surface area (Å²) in [5.74, 6) is 0. The van der Waals surface area contributed by atoms with Gasteiger partial charge >= 0.3 is 0 Å². The Bertz CT molecular complexity index is 110. The van der Waals surface area contributed by atoms with Crippen LogP contribution < -0.4 is 0 Å². The Morgan fingerprint density at radius 2 is 1.78 bits per heavy atom. The van der Waals surface area contributed by atoms with Crippen LogP contribution in [0.15, 0.2) is 0 Å². The molecular formula is C5H7F2NO. The lowest BCUT2D eigenvalue weighted by atomic mass is 10.3. The van der Waals surface area contributed by atoms with E-state index in [-0.39, 0.29) is 13.1 Å². The van der Waals surface area contributed by atoms with Crippen molar-refractivity contribution in [2.45, 2.75) is 12.3 Å². The molecule has 2 atom stereocenters. The topological polar surface area (TPSA) is 20.3 Å². The van der Waals surface area contributed by atoms with Crippen LogP contribution in [0.5, 0.6) is 0 Å². The van der Waals surface area contributed by atoms with E-state index in [4.69, 9.17) is 0 Å². The van der Waals surface area contributed by atoms with Crippen molar-refractivity contribution in [3.05, 3.63) is 0 Å². The van der Waals surface area contributed by atoms with Crippen molar-refractivity contribution >= 4 is 6.41 Å². The van der Waals surface area contributed by atoms with Gasteiger partial charge < -0.3 is 4.90 Å². The monoisotopic (exact) mass is 135 g/mol. The molecule has 1 heterocycles. The standard InChI is InChI=1S/C5H7F2NO/c6-4-1-8(3-9)2-5(4)7/h3-5H,1-2H2. The average molecular weight is 135 g/mol. The maximum Gasteiger partial charge on any atom is 0.209 e. The van der Waals surface area contributed by atoms with Gasteiger partial charge in [0.1, 0.15) is 0 Å². The van der Waals surface area contributed by atoms with E-state index in [0.29, 0.717) is 6.41 Å². The molecular weight excluding hydrogens is 128 g/mol. The molecule has 52 valence electrons. The molecule has 1 amide bonds. The lowest BCUT2D eigenvalue weighted by Crippen LogP contribution is -2.18. The second-order valence-electron chi connectivity index (χ2n) is 2.09. The molecule has 1 saturated heterocycles. The largest absolute Gasteiger partial charge is 0.339 e. The van der Waals surface area contributed by atoms with Gasteiger partial charge in [0, 0.05) is 0 Å². The maximum absolute atomic E-state index is 12.2. The van der Waals surface area contributed by atoms with Crippen LogP contribution in [0.1, 0.15) is 0 Å². The summed E-state index contributed by atoms with van der Waals surface area (Å²) in [6.45, 7) is -0.185. The van der Waals surface area contributed by atoms with Crippen LogP contribution in [0.4, 0.5) is 8.78 Å². The van der Waals surface area contributed by atoms with Crippen molar-refractivity contribution in [2.75, 3.05) is 13.1 Å². The number of halogens is 2. The van der Waals surface area contributed by atoms with Crippen LogP contribution in [0.25, 0.3) is 0 Å². The average Bonchev–Trinajstić information content (AvgIpc) is 2.13. The molecule has 1 rings (SSSR count). The Morgan fingerprint density at radius 1 is 1.33 bits per heavy atom. The molecule has 0 aromatic carbocycles. The third-order valence-corrected chi connectivity index (χ3v) is 1.36. The van der Waals surface area contributed by atoms with E-state index in [1.807, 2.05) is 0 Å². The molecule has 9 heavy (non-hydrogen) atoms. The van der Waals surface area contributed by atoms with E-state index in [2.05, 4.69) is 0 Å². The summed E-state index contributed by atoms with van der Waals surface area (Å²) in [7, 11) is 0. The van der Waals surface area contributed by atoms with Crippen molar-refractivity contribution < 1.29 is 13.6 Å². The molecule has 2 unspecified atom stereocenters. The van der Waals surface area contributed by atoms with E-state index in [0.717, 1.165) is 4.90 Å². The highest BCUT2D eigenvalue weighted by molar-refractivity contribution is 5.48. The zero-order valence-electron chi connectivity index (χ0n) is 4.76. The van der Waals surface area contributed by atoms with Gasteiger partial charge in [-0.3, -0.25) is 4.79 Å². The van der Waals surface area contributed by atoms with Gasteiger partial charge in [-0.25, -0.2) is 8.78 Å². The van der Waals surface area contributed by atoms with Crippen LogP contribution in [-0.4, -0.2) is 36.7 Å². The molecule has 1 fully saturated rings. The molecule has 0 radical (unpaired) electrons. The van der Waals surface area contributed by atoms with Crippen molar-refractivity contribution in [3.8, 4) is 0 Å². The molecule has 0 aromatic rings. The zero-order valence-corrected chi connectivity index (χ0v) is 4.76. The minimum Gasteiger partial charge on any atom is -0.339 e. The predicted octanol–water partition coefficient (Wildman–Crippen LogP) is 0.135. The van der Waals surface area contributed by atoms with E-state index in [9.17, 15) is 13.6 Å². The molecule has 1 aliphatic rings. The number of hydrogen-bond donors (Lipinski definition) is 0. The summed E-state index contributed by atoms with van der Waals surface area (Å²) >= 11 is 0. The number of hydrogen-bond acceptors (Lipinski definition) is 1. The van der Waals surface area contributed by atoms with Crippen LogP contribution in [0.3, 0.4) is 0 Å². The molecule has 4 heteroatoms. The Hall–Kier alpha value is -0.670. The normalized spacial score (nSPS) is 35.1.